The molecule has 0 atom stereocenters. The summed E-state index contributed by atoms with van der Waals surface area (Å²) in [4.78, 5) is 9.46. The van der Waals surface area contributed by atoms with E-state index >= 15 is 0 Å². The Bertz CT molecular complexity index is 322. The number of amidine groups is 1. The summed E-state index contributed by atoms with van der Waals surface area (Å²) in [7, 11) is 4.60. The van der Waals surface area contributed by atoms with Gasteiger partial charge in [0, 0.05) is 5.56 Å². The zero-order valence-corrected chi connectivity index (χ0v) is 8.98. The fraction of sp³-hybridized carbons (Fsp3) is 0.300. The van der Waals surface area contributed by atoms with Gasteiger partial charge in [-0.25, -0.2) is 5.48 Å². The van der Waals surface area contributed by atoms with Gasteiger partial charge in [-0.15, -0.1) is 0 Å². The van der Waals surface area contributed by atoms with E-state index < -0.39 is 0 Å². The summed E-state index contributed by atoms with van der Waals surface area (Å²) in [5, 5.41) is 3.78. The van der Waals surface area contributed by atoms with Crippen molar-refractivity contribution in [2.45, 2.75) is 0 Å². The Balaban J connectivity index is 2.86. The molecule has 0 spiro atoms. The van der Waals surface area contributed by atoms with E-state index in [4.69, 9.17) is 9.57 Å². The number of ether oxygens (including phenoxy) is 1. The topological polar surface area (TPSA) is 52.1 Å². The number of nitrogens with one attached hydrogen (secondary N) is 1. The average Bonchev–Trinajstić information content (AvgIpc) is 2.29. The molecular formula is C10H14N2O3. The van der Waals surface area contributed by atoms with E-state index in [9.17, 15) is 0 Å². The van der Waals surface area contributed by atoms with Crippen LogP contribution in [-0.4, -0.2) is 27.2 Å². The van der Waals surface area contributed by atoms with Crippen LogP contribution >= 0.6 is 0 Å². The van der Waals surface area contributed by atoms with Crippen LogP contribution in [0.15, 0.2) is 29.4 Å². The summed E-state index contributed by atoms with van der Waals surface area (Å²) in [5.41, 5.74) is 3.47. The molecule has 0 heterocycles. The number of hydrogen-bond acceptors (Lipinski definition) is 4. The summed E-state index contributed by atoms with van der Waals surface area (Å²) in [6.07, 6.45) is 0. The highest BCUT2D eigenvalue weighted by atomic mass is 16.7. The van der Waals surface area contributed by atoms with Crippen molar-refractivity contribution in [2.24, 2.45) is 5.16 Å². The Morgan fingerprint density at radius 2 is 1.80 bits per heavy atom. The fourth-order valence-electron chi connectivity index (χ4n) is 1.07. The highest BCUT2D eigenvalue weighted by molar-refractivity contribution is 5.97. The zero-order chi connectivity index (χ0) is 11.1. The van der Waals surface area contributed by atoms with Gasteiger partial charge in [-0.2, -0.15) is 0 Å². The summed E-state index contributed by atoms with van der Waals surface area (Å²) in [6.45, 7) is 0. The van der Waals surface area contributed by atoms with E-state index in [2.05, 4.69) is 15.5 Å². The molecule has 1 N–H and O–H groups in total. The van der Waals surface area contributed by atoms with Crippen molar-refractivity contribution in [3.8, 4) is 5.75 Å². The lowest BCUT2D eigenvalue weighted by Gasteiger charge is -2.07. The van der Waals surface area contributed by atoms with Crippen molar-refractivity contribution >= 4 is 5.84 Å². The van der Waals surface area contributed by atoms with E-state index in [0.29, 0.717) is 5.84 Å². The Hall–Kier alpha value is -1.75. The minimum atomic E-state index is 0.502. The van der Waals surface area contributed by atoms with E-state index in [1.165, 1.54) is 14.2 Å². The number of nitrogens with zero attached hydrogens (tertiary/aromatic N) is 1. The predicted octanol–water partition coefficient (Wildman–Crippen LogP) is 1.15. The van der Waals surface area contributed by atoms with Crippen LogP contribution < -0.4 is 10.2 Å². The first-order valence-electron chi connectivity index (χ1n) is 4.36. The second kappa shape index (κ2) is 5.87. The van der Waals surface area contributed by atoms with Crippen LogP contribution in [0, 0.1) is 0 Å². The maximum Gasteiger partial charge on any atom is 0.196 e. The summed E-state index contributed by atoms with van der Waals surface area (Å²) in [5.74, 6) is 1.29. The lowest BCUT2D eigenvalue weighted by Crippen LogP contribution is -2.23. The predicted molar refractivity (Wildman–Crippen MR) is 56.7 cm³/mol. The maximum absolute atomic E-state index is 5.05. The first kappa shape index (κ1) is 11.3. The Kier molecular flexibility index (Phi) is 4.43. The number of benzene rings is 1. The normalized spacial score (nSPS) is 11.0. The number of methoxy groups -OCH3 is 1. The molecule has 0 aliphatic carbocycles. The molecular weight excluding hydrogens is 196 g/mol. The molecule has 0 radical (unpaired) electrons. The van der Waals surface area contributed by atoms with Gasteiger partial charge in [0.15, 0.2) is 5.84 Å². The van der Waals surface area contributed by atoms with Crippen molar-refractivity contribution in [3.05, 3.63) is 29.8 Å². The molecule has 5 heteroatoms. The highest BCUT2D eigenvalue weighted by Gasteiger charge is 2.03. The van der Waals surface area contributed by atoms with Crippen molar-refractivity contribution < 1.29 is 14.4 Å². The van der Waals surface area contributed by atoms with Gasteiger partial charge in [-0.05, 0) is 24.3 Å². The standard InChI is InChI=1S/C10H14N2O3/c1-13-9-6-4-8(5-7-9)10(11-14-2)12-15-3/h4-7H,1-3H3,(H,11,12). The van der Waals surface area contributed by atoms with Gasteiger partial charge in [0.2, 0.25) is 0 Å². The lowest BCUT2D eigenvalue weighted by atomic mass is 10.2. The second-order valence-electron chi connectivity index (χ2n) is 2.66. The van der Waals surface area contributed by atoms with Gasteiger partial charge in [-0.3, -0.25) is 4.84 Å². The molecule has 82 valence electrons. The zero-order valence-electron chi connectivity index (χ0n) is 8.98. The Labute approximate surface area is 88.6 Å². The Morgan fingerprint density at radius 1 is 1.13 bits per heavy atom. The van der Waals surface area contributed by atoms with Gasteiger partial charge in [-0.1, -0.05) is 5.16 Å². The molecule has 1 aromatic rings. The minimum Gasteiger partial charge on any atom is -0.497 e. The molecule has 0 aromatic heterocycles. The lowest BCUT2D eigenvalue weighted by molar-refractivity contribution is 0.135. The van der Waals surface area contributed by atoms with Crippen molar-refractivity contribution in [1.29, 1.82) is 0 Å². The van der Waals surface area contributed by atoms with Crippen LogP contribution in [0.25, 0.3) is 0 Å². The molecule has 0 saturated carbocycles. The molecule has 0 aliphatic heterocycles. The smallest absolute Gasteiger partial charge is 0.196 e. The van der Waals surface area contributed by atoms with Crippen molar-refractivity contribution in [2.75, 3.05) is 21.3 Å². The van der Waals surface area contributed by atoms with Gasteiger partial charge in [0.1, 0.15) is 12.9 Å². The van der Waals surface area contributed by atoms with Crippen LogP contribution in [0.5, 0.6) is 5.75 Å². The van der Waals surface area contributed by atoms with Gasteiger partial charge in [0.05, 0.1) is 14.2 Å². The van der Waals surface area contributed by atoms with Crippen LogP contribution in [0.1, 0.15) is 5.56 Å². The Morgan fingerprint density at radius 3 is 2.27 bits per heavy atom. The van der Waals surface area contributed by atoms with E-state index in [-0.39, 0.29) is 0 Å². The van der Waals surface area contributed by atoms with E-state index in [1.807, 2.05) is 24.3 Å². The molecule has 1 rings (SSSR count). The van der Waals surface area contributed by atoms with Crippen molar-refractivity contribution in [1.82, 2.24) is 5.48 Å². The SMILES string of the molecule is CO/N=C(/NOC)c1ccc(OC)cc1. The molecule has 0 bridgehead atoms. The molecule has 1 aromatic carbocycles. The van der Waals surface area contributed by atoms with Crippen LogP contribution in [0.2, 0.25) is 0 Å². The number of oxime groups is 1. The van der Waals surface area contributed by atoms with Crippen LogP contribution in [0.4, 0.5) is 0 Å². The first-order chi connectivity index (χ1) is 7.31. The third kappa shape index (κ3) is 3.14. The average molecular weight is 210 g/mol. The van der Waals surface area contributed by atoms with Gasteiger partial charge in [0.25, 0.3) is 0 Å². The quantitative estimate of drug-likeness (QED) is 0.460. The number of rotatable bonds is 4. The third-order valence-corrected chi connectivity index (χ3v) is 1.74. The molecule has 0 aliphatic rings. The monoisotopic (exact) mass is 210 g/mol. The van der Waals surface area contributed by atoms with E-state index in [1.54, 1.807) is 7.11 Å². The molecule has 5 nitrogen and oxygen atoms in total. The largest absolute Gasteiger partial charge is 0.497 e. The van der Waals surface area contributed by atoms with Crippen LogP contribution in [0.3, 0.4) is 0 Å². The highest BCUT2D eigenvalue weighted by Crippen LogP contribution is 2.11. The van der Waals surface area contributed by atoms with Crippen LogP contribution in [-0.2, 0) is 9.68 Å². The number of hydroxylamine groups is 1. The fourth-order valence-corrected chi connectivity index (χ4v) is 1.07. The van der Waals surface area contributed by atoms with E-state index in [0.717, 1.165) is 11.3 Å². The van der Waals surface area contributed by atoms with Crippen molar-refractivity contribution in [3.63, 3.8) is 0 Å². The van der Waals surface area contributed by atoms with Gasteiger partial charge >= 0.3 is 0 Å². The molecule has 15 heavy (non-hydrogen) atoms. The molecule has 0 unspecified atom stereocenters. The molecule has 0 fully saturated rings. The summed E-state index contributed by atoms with van der Waals surface area (Å²) in [6, 6.07) is 7.36. The summed E-state index contributed by atoms with van der Waals surface area (Å²) >= 11 is 0. The maximum atomic E-state index is 5.05. The van der Waals surface area contributed by atoms with Gasteiger partial charge < -0.3 is 9.57 Å². The summed E-state index contributed by atoms with van der Waals surface area (Å²) < 4.78 is 5.05. The second-order valence-corrected chi connectivity index (χ2v) is 2.66. The first-order valence-corrected chi connectivity index (χ1v) is 4.36. The minimum absolute atomic E-state index is 0.502. The molecule has 0 amide bonds. The third-order valence-electron chi connectivity index (χ3n) is 1.74. The molecule has 0 saturated heterocycles. The number of hydrogen-bond donors (Lipinski definition) is 1.